The molecule has 0 fully saturated rings. The lowest BCUT2D eigenvalue weighted by Crippen LogP contribution is -2.14. The molecule has 0 bridgehead atoms. The van der Waals surface area contributed by atoms with E-state index in [0.29, 0.717) is 39.6 Å². The average molecular weight is 360 g/mol. The molecule has 0 aliphatic rings. The quantitative estimate of drug-likeness (QED) is 0.625. The molecule has 0 unspecified atom stereocenters. The highest BCUT2D eigenvalue weighted by molar-refractivity contribution is 6.06. The predicted octanol–water partition coefficient (Wildman–Crippen LogP) is 3.49. The van der Waals surface area contributed by atoms with E-state index in [1.165, 1.54) is 45.6 Å². The van der Waals surface area contributed by atoms with Crippen molar-refractivity contribution in [1.29, 1.82) is 0 Å². The van der Waals surface area contributed by atoms with E-state index in [0.717, 1.165) is 0 Å². The minimum atomic E-state index is -0.467. The minimum absolute atomic E-state index is 0.0224. The zero-order chi connectivity index (χ0) is 19.4. The van der Waals surface area contributed by atoms with Gasteiger partial charge in [0.25, 0.3) is 11.6 Å². The van der Waals surface area contributed by atoms with Crippen LogP contribution in [-0.2, 0) is 0 Å². The maximum absolute atomic E-state index is 12.7. The molecule has 138 valence electrons. The van der Waals surface area contributed by atoms with Crippen LogP contribution in [0.25, 0.3) is 0 Å². The fourth-order valence-corrected chi connectivity index (χ4v) is 2.64. The topological polar surface area (TPSA) is 99.9 Å². The Morgan fingerprint density at radius 3 is 1.85 bits per heavy atom. The third-order valence-corrected chi connectivity index (χ3v) is 3.89. The molecule has 0 radical (unpaired) electrons. The summed E-state index contributed by atoms with van der Waals surface area (Å²) in [5.41, 5.74) is 1.99. The van der Waals surface area contributed by atoms with Crippen LogP contribution in [0.1, 0.15) is 21.5 Å². The summed E-state index contributed by atoms with van der Waals surface area (Å²) < 4.78 is 15.7. The first-order valence-corrected chi connectivity index (χ1v) is 7.69. The van der Waals surface area contributed by atoms with E-state index >= 15 is 0 Å². The zero-order valence-electron chi connectivity index (χ0n) is 15.2. The van der Waals surface area contributed by atoms with Gasteiger partial charge >= 0.3 is 0 Å². The number of methoxy groups -OCH3 is 3. The van der Waals surface area contributed by atoms with Crippen molar-refractivity contribution in [2.75, 3.05) is 26.6 Å². The van der Waals surface area contributed by atoms with Gasteiger partial charge in [-0.25, -0.2) is 0 Å². The summed E-state index contributed by atoms with van der Waals surface area (Å²) in [5.74, 6) is 0.696. The Labute approximate surface area is 150 Å². The van der Waals surface area contributed by atoms with Crippen molar-refractivity contribution >= 4 is 17.3 Å². The highest BCUT2D eigenvalue weighted by atomic mass is 16.6. The lowest BCUT2D eigenvalue weighted by Gasteiger charge is -2.15. The van der Waals surface area contributed by atoms with Crippen LogP contribution in [0.2, 0.25) is 0 Å². The molecule has 8 nitrogen and oxygen atoms in total. The van der Waals surface area contributed by atoms with Crippen molar-refractivity contribution in [2.24, 2.45) is 0 Å². The van der Waals surface area contributed by atoms with Crippen LogP contribution in [0.3, 0.4) is 0 Å². The predicted molar refractivity (Wildman–Crippen MR) is 96.6 cm³/mol. The van der Waals surface area contributed by atoms with Gasteiger partial charge in [-0.3, -0.25) is 14.9 Å². The molecule has 0 saturated carbocycles. The van der Waals surface area contributed by atoms with E-state index in [1.54, 1.807) is 13.8 Å². The van der Waals surface area contributed by atoms with Gasteiger partial charge in [0.1, 0.15) is 0 Å². The minimum Gasteiger partial charge on any atom is -0.493 e. The number of carbonyl (C=O) groups excluding carboxylic acids is 1. The largest absolute Gasteiger partial charge is 0.493 e. The fourth-order valence-electron chi connectivity index (χ4n) is 2.64. The number of nitrogens with one attached hydrogen (secondary N) is 1. The van der Waals surface area contributed by atoms with Gasteiger partial charge in [0.05, 0.1) is 26.3 Å². The first kappa shape index (κ1) is 19.0. The van der Waals surface area contributed by atoms with E-state index in [1.807, 2.05) is 0 Å². The Kier molecular flexibility index (Phi) is 5.66. The van der Waals surface area contributed by atoms with Gasteiger partial charge in [-0.15, -0.1) is 0 Å². The van der Waals surface area contributed by atoms with Crippen LogP contribution >= 0.6 is 0 Å². The summed E-state index contributed by atoms with van der Waals surface area (Å²) in [6.45, 7) is 3.40. The number of nitro groups is 1. The second kappa shape index (κ2) is 7.73. The molecule has 0 aliphatic heterocycles. The van der Waals surface area contributed by atoms with E-state index in [4.69, 9.17) is 14.2 Å². The van der Waals surface area contributed by atoms with Crippen molar-refractivity contribution in [3.05, 3.63) is 51.1 Å². The highest BCUT2D eigenvalue weighted by Crippen LogP contribution is 2.38. The Morgan fingerprint density at radius 2 is 1.46 bits per heavy atom. The number of rotatable bonds is 6. The normalized spacial score (nSPS) is 10.2. The smallest absolute Gasteiger partial charge is 0.270 e. The van der Waals surface area contributed by atoms with Gasteiger partial charge in [0.2, 0.25) is 5.75 Å². The average Bonchev–Trinajstić information content (AvgIpc) is 2.62. The SMILES string of the molecule is COc1cc(C(=O)Nc2c(C)cc([N+](=O)[O-])cc2C)cc(OC)c1OC. The molecule has 1 amide bonds. The van der Waals surface area contributed by atoms with Crippen molar-refractivity contribution in [3.63, 3.8) is 0 Å². The first-order chi connectivity index (χ1) is 12.3. The third kappa shape index (κ3) is 3.69. The molecule has 26 heavy (non-hydrogen) atoms. The Bertz CT molecular complexity index is 815. The fraction of sp³-hybridized carbons (Fsp3) is 0.278. The van der Waals surface area contributed by atoms with Crippen molar-refractivity contribution in [2.45, 2.75) is 13.8 Å². The highest BCUT2D eigenvalue weighted by Gasteiger charge is 2.19. The van der Waals surface area contributed by atoms with Crippen molar-refractivity contribution < 1.29 is 23.9 Å². The van der Waals surface area contributed by atoms with Gasteiger partial charge in [-0.2, -0.15) is 0 Å². The molecule has 2 aromatic rings. The third-order valence-electron chi connectivity index (χ3n) is 3.89. The Balaban J connectivity index is 2.41. The number of ether oxygens (including phenoxy) is 3. The summed E-state index contributed by atoms with van der Waals surface area (Å²) in [5, 5.41) is 13.7. The van der Waals surface area contributed by atoms with E-state index in [9.17, 15) is 14.9 Å². The number of anilines is 1. The van der Waals surface area contributed by atoms with Crippen LogP contribution in [0.4, 0.5) is 11.4 Å². The van der Waals surface area contributed by atoms with E-state index < -0.39 is 10.8 Å². The molecule has 8 heteroatoms. The maximum Gasteiger partial charge on any atom is 0.270 e. The van der Waals surface area contributed by atoms with Crippen LogP contribution < -0.4 is 19.5 Å². The summed E-state index contributed by atoms with van der Waals surface area (Å²) in [6.07, 6.45) is 0. The molecule has 0 saturated heterocycles. The number of benzene rings is 2. The lowest BCUT2D eigenvalue weighted by molar-refractivity contribution is -0.384. The number of amides is 1. The molecule has 0 atom stereocenters. The molecular weight excluding hydrogens is 340 g/mol. The molecule has 0 heterocycles. The standard InChI is InChI=1S/C18H20N2O6/c1-10-6-13(20(22)23)7-11(2)16(10)19-18(21)12-8-14(24-3)17(26-5)15(9-12)25-4/h6-9H,1-5H3,(H,19,21). The number of hydrogen-bond acceptors (Lipinski definition) is 6. The first-order valence-electron chi connectivity index (χ1n) is 7.69. The van der Waals surface area contributed by atoms with Gasteiger partial charge in [-0.1, -0.05) is 0 Å². The van der Waals surface area contributed by atoms with Crippen LogP contribution in [-0.4, -0.2) is 32.2 Å². The number of nitrogens with zero attached hydrogens (tertiary/aromatic N) is 1. The molecular formula is C18H20N2O6. The van der Waals surface area contributed by atoms with E-state index in [2.05, 4.69) is 5.32 Å². The Hall–Kier alpha value is -3.29. The van der Waals surface area contributed by atoms with Crippen LogP contribution in [0.15, 0.2) is 24.3 Å². The van der Waals surface area contributed by atoms with Gasteiger partial charge in [0, 0.05) is 23.4 Å². The zero-order valence-corrected chi connectivity index (χ0v) is 15.2. The second-order valence-electron chi connectivity index (χ2n) is 5.58. The molecule has 0 aromatic heterocycles. The van der Waals surface area contributed by atoms with Crippen LogP contribution in [0, 0.1) is 24.0 Å². The van der Waals surface area contributed by atoms with Gasteiger partial charge < -0.3 is 19.5 Å². The number of nitro benzene ring substituents is 1. The van der Waals surface area contributed by atoms with Crippen molar-refractivity contribution in [1.82, 2.24) is 0 Å². The monoisotopic (exact) mass is 360 g/mol. The maximum atomic E-state index is 12.7. The van der Waals surface area contributed by atoms with Crippen LogP contribution in [0.5, 0.6) is 17.2 Å². The molecule has 0 aliphatic carbocycles. The Morgan fingerprint density at radius 1 is 0.962 bits per heavy atom. The number of non-ortho nitro benzene ring substituents is 1. The van der Waals surface area contributed by atoms with Crippen molar-refractivity contribution in [3.8, 4) is 17.2 Å². The number of carbonyl (C=O) groups is 1. The molecule has 1 N–H and O–H groups in total. The molecule has 2 rings (SSSR count). The lowest BCUT2D eigenvalue weighted by atomic mass is 10.1. The van der Waals surface area contributed by atoms with E-state index in [-0.39, 0.29) is 5.69 Å². The number of aryl methyl sites for hydroxylation is 2. The summed E-state index contributed by atoms with van der Waals surface area (Å²) >= 11 is 0. The summed E-state index contributed by atoms with van der Waals surface area (Å²) in [6, 6.07) is 5.90. The summed E-state index contributed by atoms with van der Waals surface area (Å²) in [4.78, 5) is 23.1. The second-order valence-corrected chi connectivity index (χ2v) is 5.58. The van der Waals surface area contributed by atoms with Gasteiger partial charge in [0.15, 0.2) is 11.5 Å². The molecule has 0 spiro atoms. The number of hydrogen-bond donors (Lipinski definition) is 1. The molecule has 2 aromatic carbocycles. The van der Waals surface area contributed by atoms with Gasteiger partial charge in [-0.05, 0) is 37.1 Å². The summed E-state index contributed by atoms with van der Waals surface area (Å²) in [7, 11) is 4.40.